The van der Waals surface area contributed by atoms with Gasteiger partial charge in [0.25, 0.3) is 0 Å². The van der Waals surface area contributed by atoms with E-state index in [0.717, 1.165) is 31.5 Å². The zero-order chi connectivity index (χ0) is 18.0. The van der Waals surface area contributed by atoms with Crippen LogP contribution in [-0.4, -0.2) is 43.0 Å². The van der Waals surface area contributed by atoms with Crippen LogP contribution in [0.3, 0.4) is 0 Å². The molecule has 6 heteroatoms. The van der Waals surface area contributed by atoms with Gasteiger partial charge in [0.1, 0.15) is 5.75 Å². The van der Waals surface area contributed by atoms with Gasteiger partial charge in [-0.25, -0.2) is 0 Å². The molecule has 3 rings (SSSR count). The molecule has 25 heavy (non-hydrogen) atoms. The molecule has 2 aliphatic heterocycles. The minimum Gasteiger partial charge on any atom is -0.495 e. The van der Waals surface area contributed by atoms with Crippen molar-refractivity contribution in [1.82, 2.24) is 4.90 Å². The second kappa shape index (κ2) is 7.65. The molecule has 1 aromatic carbocycles. The molecular weight excluding hydrogens is 340 g/mol. The molecule has 2 amide bonds. The predicted octanol–water partition coefficient (Wildman–Crippen LogP) is 3.49. The number of benzene rings is 1. The summed E-state index contributed by atoms with van der Waals surface area (Å²) in [6.07, 6.45) is 4.56. The average molecular weight is 365 g/mol. The summed E-state index contributed by atoms with van der Waals surface area (Å²) in [5.74, 6) is 0.413. The van der Waals surface area contributed by atoms with Crippen molar-refractivity contribution in [1.29, 1.82) is 0 Å². The van der Waals surface area contributed by atoms with E-state index in [0.29, 0.717) is 23.4 Å². The van der Waals surface area contributed by atoms with E-state index >= 15 is 0 Å². The molecule has 0 spiro atoms. The molecule has 0 bridgehead atoms. The first-order valence-electron chi connectivity index (χ1n) is 8.99. The van der Waals surface area contributed by atoms with Crippen LogP contribution in [0.25, 0.3) is 0 Å². The Morgan fingerprint density at radius 3 is 2.84 bits per heavy atom. The van der Waals surface area contributed by atoms with Crippen LogP contribution in [0.5, 0.6) is 5.75 Å². The van der Waals surface area contributed by atoms with E-state index < -0.39 is 0 Å². The lowest BCUT2D eigenvalue weighted by atomic mass is 9.97. The molecule has 2 unspecified atom stereocenters. The van der Waals surface area contributed by atoms with Gasteiger partial charge < -0.3 is 14.5 Å². The van der Waals surface area contributed by atoms with Gasteiger partial charge >= 0.3 is 0 Å². The number of amides is 2. The van der Waals surface area contributed by atoms with Gasteiger partial charge in [0, 0.05) is 31.2 Å². The van der Waals surface area contributed by atoms with Gasteiger partial charge in [0.15, 0.2) is 0 Å². The van der Waals surface area contributed by atoms with E-state index in [9.17, 15) is 9.59 Å². The highest BCUT2D eigenvalue weighted by atomic mass is 35.5. The van der Waals surface area contributed by atoms with Gasteiger partial charge in [-0.05, 0) is 43.9 Å². The number of piperidine rings is 1. The smallest absolute Gasteiger partial charge is 0.228 e. The number of hydrogen-bond donors (Lipinski definition) is 0. The van der Waals surface area contributed by atoms with Crippen LogP contribution in [0.1, 0.15) is 39.0 Å². The van der Waals surface area contributed by atoms with Gasteiger partial charge in [-0.15, -0.1) is 0 Å². The molecule has 5 nitrogen and oxygen atoms in total. The summed E-state index contributed by atoms with van der Waals surface area (Å²) in [7, 11) is 1.55. The van der Waals surface area contributed by atoms with Crippen molar-refractivity contribution < 1.29 is 14.3 Å². The van der Waals surface area contributed by atoms with Crippen LogP contribution in [0, 0.1) is 5.92 Å². The first-order chi connectivity index (χ1) is 12.0. The second-order valence-corrected chi connectivity index (χ2v) is 7.22. The summed E-state index contributed by atoms with van der Waals surface area (Å²) in [5.41, 5.74) is 0.719. The maximum absolute atomic E-state index is 13.0. The lowest BCUT2D eigenvalue weighted by Gasteiger charge is -2.36. The molecule has 0 aromatic heterocycles. The number of anilines is 1. The fourth-order valence-corrected chi connectivity index (χ4v) is 4.15. The predicted molar refractivity (Wildman–Crippen MR) is 98.1 cm³/mol. The van der Waals surface area contributed by atoms with Gasteiger partial charge in [0.2, 0.25) is 11.8 Å². The van der Waals surface area contributed by atoms with Crippen molar-refractivity contribution in [2.24, 2.45) is 5.92 Å². The monoisotopic (exact) mass is 364 g/mol. The molecule has 2 fully saturated rings. The SMILES string of the molecule is CCC1CCCCN1C(=O)C1CC(=O)N(c2ccc(OC)c(Cl)c2)C1. The fraction of sp³-hybridized carbons (Fsp3) is 0.579. The standard InChI is InChI=1S/C19H25ClN2O3/c1-3-14-6-4-5-9-21(14)19(24)13-10-18(23)22(12-13)15-7-8-17(25-2)16(20)11-15/h7-8,11,13-14H,3-6,9-10,12H2,1-2H3. The number of methoxy groups -OCH3 is 1. The Morgan fingerprint density at radius 1 is 1.36 bits per heavy atom. The molecule has 0 aliphatic carbocycles. The Labute approximate surface area is 153 Å². The Balaban J connectivity index is 1.73. The number of carbonyl (C=O) groups is 2. The highest BCUT2D eigenvalue weighted by Crippen LogP contribution is 2.33. The highest BCUT2D eigenvalue weighted by molar-refractivity contribution is 6.32. The minimum absolute atomic E-state index is 0.0235. The summed E-state index contributed by atoms with van der Waals surface area (Å²) >= 11 is 6.18. The number of hydrogen-bond acceptors (Lipinski definition) is 3. The first-order valence-corrected chi connectivity index (χ1v) is 9.37. The molecule has 0 radical (unpaired) electrons. The summed E-state index contributed by atoms with van der Waals surface area (Å²) < 4.78 is 5.16. The molecule has 2 saturated heterocycles. The van der Waals surface area contributed by atoms with Crippen LogP contribution in [0.15, 0.2) is 18.2 Å². The molecule has 2 aliphatic rings. The second-order valence-electron chi connectivity index (χ2n) is 6.81. The van der Waals surface area contributed by atoms with Gasteiger partial charge in [-0.1, -0.05) is 18.5 Å². The van der Waals surface area contributed by atoms with Crippen LogP contribution >= 0.6 is 11.6 Å². The third-order valence-corrected chi connectivity index (χ3v) is 5.60. The molecule has 0 saturated carbocycles. The molecule has 1 aromatic rings. The summed E-state index contributed by atoms with van der Waals surface area (Å²) in [4.78, 5) is 29.1. The highest BCUT2D eigenvalue weighted by Gasteiger charge is 2.39. The van der Waals surface area contributed by atoms with E-state index in [1.165, 1.54) is 6.42 Å². The number of halogens is 1. The van der Waals surface area contributed by atoms with E-state index in [1.54, 1.807) is 24.1 Å². The van der Waals surface area contributed by atoms with Crippen molar-refractivity contribution in [3.8, 4) is 5.75 Å². The van der Waals surface area contributed by atoms with Crippen molar-refractivity contribution in [3.05, 3.63) is 23.2 Å². The molecule has 2 heterocycles. The maximum Gasteiger partial charge on any atom is 0.228 e. The number of ether oxygens (including phenoxy) is 1. The van der Waals surface area contributed by atoms with Crippen LogP contribution < -0.4 is 9.64 Å². The maximum atomic E-state index is 13.0. The van der Waals surface area contributed by atoms with Crippen molar-refractivity contribution in [3.63, 3.8) is 0 Å². The van der Waals surface area contributed by atoms with Crippen LogP contribution in [0.4, 0.5) is 5.69 Å². The largest absolute Gasteiger partial charge is 0.495 e. The van der Waals surface area contributed by atoms with Crippen LogP contribution in [-0.2, 0) is 9.59 Å². The van der Waals surface area contributed by atoms with Gasteiger partial charge in [0.05, 0.1) is 18.1 Å². The third kappa shape index (κ3) is 3.61. The Kier molecular flexibility index (Phi) is 5.52. The Morgan fingerprint density at radius 2 is 2.16 bits per heavy atom. The quantitative estimate of drug-likeness (QED) is 0.821. The molecule has 0 N–H and O–H groups in total. The molecular formula is C19H25ClN2O3. The Bertz CT molecular complexity index is 664. The van der Waals surface area contributed by atoms with E-state index in [4.69, 9.17) is 16.3 Å². The molecule has 136 valence electrons. The number of likely N-dealkylation sites (tertiary alicyclic amines) is 1. The zero-order valence-electron chi connectivity index (χ0n) is 14.8. The van der Waals surface area contributed by atoms with Crippen molar-refractivity contribution in [2.45, 2.75) is 45.1 Å². The summed E-state index contributed by atoms with van der Waals surface area (Å²) in [6, 6.07) is 5.60. The minimum atomic E-state index is -0.263. The van der Waals surface area contributed by atoms with E-state index in [1.807, 2.05) is 11.0 Å². The lowest BCUT2D eigenvalue weighted by molar-refractivity contribution is -0.139. The molecule has 2 atom stereocenters. The van der Waals surface area contributed by atoms with Crippen molar-refractivity contribution in [2.75, 3.05) is 25.1 Å². The van der Waals surface area contributed by atoms with Gasteiger partial charge in [-0.3, -0.25) is 9.59 Å². The van der Waals surface area contributed by atoms with E-state index in [-0.39, 0.29) is 24.2 Å². The zero-order valence-corrected chi connectivity index (χ0v) is 15.6. The normalized spacial score (nSPS) is 23.9. The third-order valence-electron chi connectivity index (χ3n) is 5.30. The average Bonchev–Trinajstić information content (AvgIpc) is 3.02. The Hall–Kier alpha value is -1.75. The number of rotatable bonds is 4. The summed E-state index contributed by atoms with van der Waals surface area (Å²) in [6.45, 7) is 3.37. The summed E-state index contributed by atoms with van der Waals surface area (Å²) in [5, 5.41) is 0.463. The number of nitrogens with zero attached hydrogens (tertiary/aromatic N) is 2. The van der Waals surface area contributed by atoms with E-state index in [2.05, 4.69) is 6.92 Å². The number of carbonyl (C=O) groups excluding carboxylic acids is 2. The topological polar surface area (TPSA) is 49.9 Å². The fourth-order valence-electron chi connectivity index (χ4n) is 3.90. The lowest BCUT2D eigenvalue weighted by Crippen LogP contribution is -2.46. The van der Waals surface area contributed by atoms with Gasteiger partial charge in [-0.2, -0.15) is 0 Å². The first kappa shape index (κ1) is 18.1. The van der Waals surface area contributed by atoms with Crippen molar-refractivity contribution >= 4 is 29.1 Å². The van der Waals surface area contributed by atoms with Crippen LogP contribution in [0.2, 0.25) is 5.02 Å².